The highest BCUT2D eigenvalue weighted by atomic mass is 19.4. The van der Waals surface area contributed by atoms with Crippen molar-refractivity contribution in [1.29, 1.82) is 0 Å². The molecule has 0 saturated heterocycles. The molecule has 0 heterocycles. The summed E-state index contributed by atoms with van der Waals surface area (Å²) < 4.78 is 58.6. The maximum Gasteiger partial charge on any atom is 0.411 e. The van der Waals surface area contributed by atoms with Crippen LogP contribution in [-0.2, 0) is 11.3 Å². The largest absolute Gasteiger partial charge is 0.464 e. The van der Waals surface area contributed by atoms with Gasteiger partial charge in [-0.2, -0.15) is 13.2 Å². The summed E-state index contributed by atoms with van der Waals surface area (Å²) in [5.74, 6) is -0.682. The Morgan fingerprint density at radius 1 is 1.25 bits per heavy atom. The zero-order valence-corrected chi connectivity index (χ0v) is 10.7. The standard InChI is InChI=1S/C13H15F4NO2/c14-11-3-1-2-9(6-18-10-4-5-10)12(11)20-8-19-7-13(15,16)17/h1-3,10,18H,4-8H2. The minimum Gasteiger partial charge on any atom is -0.464 e. The molecule has 1 aliphatic rings. The Bertz CT molecular complexity index is 446. The Morgan fingerprint density at radius 3 is 2.65 bits per heavy atom. The van der Waals surface area contributed by atoms with E-state index in [1.165, 1.54) is 12.1 Å². The van der Waals surface area contributed by atoms with Crippen molar-refractivity contribution >= 4 is 0 Å². The number of hydrogen-bond acceptors (Lipinski definition) is 3. The van der Waals surface area contributed by atoms with E-state index >= 15 is 0 Å². The Labute approximate surface area is 113 Å². The number of ether oxygens (including phenoxy) is 2. The summed E-state index contributed by atoms with van der Waals surface area (Å²) >= 11 is 0. The smallest absolute Gasteiger partial charge is 0.411 e. The zero-order valence-electron chi connectivity index (χ0n) is 10.7. The molecule has 7 heteroatoms. The highest BCUT2D eigenvalue weighted by molar-refractivity contribution is 5.34. The van der Waals surface area contributed by atoms with E-state index in [9.17, 15) is 17.6 Å². The van der Waals surface area contributed by atoms with Gasteiger partial charge in [0.2, 0.25) is 0 Å². The third kappa shape index (κ3) is 4.97. The molecule has 1 fully saturated rings. The number of hydrogen-bond donors (Lipinski definition) is 1. The average Bonchev–Trinajstić information content (AvgIpc) is 3.17. The lowest BCUT2D eigenvalue weighted by Crippen LogP contribution is -2.20. The van der Waals surface area contributed by atoms with Crippen molar-refractivity contribution in [3.05, 3.63) is 29.6 Å². The molecule has 20 heavy (non-hydrogen) atoms. The number of nitrogens with one attached hydrogen (secondary N) is 1. The summed E-state index contributed by atoms with van der Waals surface area (Å²) in [5, 5.41) is 3.19. The normalized spacial score (nSPS) is 15.4. The minimum atomic E-state index is -4.42. The van der Waals surface area contributed by atoms with Crippen LogP contribution in [0.3, 0.4) is 0 Å². The second-order valence-corrected chi connectivity index (χ2v) is 4.61. The van der Waals surface area contributed by atoms with Crippen molar-refractivity contribution in [2.75, 3.05) is 13.4 Å². The molecular formula is C13H15F4NO2. The van der Waals surface area contributed by atoms with Gasteiger partial charge in [0.05, 0.1) is 0 Å². The lowest BCUT2D eigenvalue weighted by molar-refractivity contribution is -0.187. The quantitative estimate of drug-likeness (QED) is 0.476. The van der Waals surface area contributed by atoms with Crippen molar-refractivity contribution in [1.82, 2.24) is 5.32 Å². The Kier molecular flexibility index (Phi) is 4.82. The first-order valence-corrected chi connectivity index (χ1v) is 6.24. The van der Waals surface area contributed by atoms with Crippen LogP contribution in [-0.4, -0.2) is 25.6 Å². The van der Waals surface area contributed by atoms with Crippen LogP contribution in [0.25, 0.3) is 0 Å². The first kappa shape index (κ1) is 15.1. The molecule has 0 atom stereocenters. The molecule has 0 aromatic heterocycles. The molecule has 0 spiro atoms. The van der Waals surface area contributed by atoms with Crippen molar-refractivity contribution < 1.29 is 27.0 Å². The summed E-state index contributed by atoms with van der Waals surface area (Å²) in [4.78, 5) is 0. The van der Waals surface area contributed by atoms with Gasteiger partial charge in [-0.1, -0.05) is 12.1 Å². The van der Waals surface area contributed by atoms with Gasteiger partial charge < -0.3 is 14.8 Å². The monoisotopic (exact) mass is 293 g/mol. The zero-order chi connectivity index (χ0) is 14.6. The fourth-order valence-corrected chi connectivity index (χ4v) is 1.65. The van der Waals surface area contributed by atoms with Crippen molar-refractivity contribution in [2.45, 2.75) is 31.6 Å². The van der Waals surface area contributed by atoms with Gasteiger partial charge in [-0.3, -0.25) is 0 Å². The molecule has 3 nitrogen and oxygen atoms in total. The fraction of sp³-hybridized carbons (Fsp3) is 0.538. The Morgan fingerprint density at radius 2 is 2.00 bits per heavy atom. The van der Waals surface area contributed by atoms with E-state index in [0.29, 0.717) is 18.2 Å². The molecule has 0 radical (unpaired) electrons. The van der Waals surface area contributed by atoms with E-state index in [2.05, 4.69) is 10.1 Å². The molecule has 0 bridgehead atoms. The van der Waals surface area contributed by atoms with Crippen LogP contribution < -0.4 is 10.1 Å². The SMILES string of the molecule is Fc1cccc(CNC2CC2)c1OCOCC(F)(F)F. The van der Waals surface area contributed by atoms with Crippen molar-refractivity contribution in [2.24, 2.45) is 0 Å². The van der Waals surface area contributed by atoms with Gasteiger partial charge in [0.15, 0.2) is 18.4 Å². The van der Waals surface area contributed by atoms with Crippen LogP contribution >= 0.6 is 0 Å². The number of rotatable bonds is 7. The second kappa shape index (κ2) is 6.41. The molecule has 112 valence electrons. The molecule has 0 unspecified atom stereocenters. The van der Waals surface area contributed by atoms with Crippen LogP contribution in [0.15, 0.2) is 18.2 Å². The van der Waals surface area contributed by atoms with Crippen LogP contribution in [0, 0.1) is 5.82 Å². The maximum absolute atomic E-state index is 13.6. The lowest BCUT2D eigenvalue weighted by Gasteiger charge is -2.13. The average molecular weight is 293 g/mol. The summed E-state index contributed by atoms with van der Waals surface area (Å²) in [5.41, 5.74) is 0.563. The van der Waals surface area contributed by atoms with Crippen LogP contribution in [0.5, 0.6) is 5.75 Å². The first-order valence-electron chi connectivity index (χ1n) is 6.24. The minimum absolute atomic E-state index is 0.0668. The highest BCUT2D eigenvalue weighted by Gasteiger charge is 2.27. The molecule has 1 saturated carbocycles. The van der Waals surface area contributed by atoms with Gasteiger partial charge in [0, 0.05) is 18.2 Å². The van der Waals surface area contributed by atoms with Crippen molar-refractivity contribution in [3.63, 3.8) is 0 Å². The molecule has 1 N–H and O–H groups in total. The number of halogens is 4. The third-order valence-corrected chi connectivity index (χ3v) is 2.76. The Balaban J connectivity index is 1.87. The van der Waals surface area contributed by atoms with Gasteiger partial charge in [-0.15, -0.1) is 0 Å². The maximum atomic E-state index is 13.6. The predicted molar refractivity (Wildman–Crippen MR) is 63.8 cm³/mol. The van der Waals surface area contributed by atoms with Crippen LogP contribution in [0.2, 0.25) is 0 Å². The summed E-state index contributed by atoms with van der Waals surface area (Å²) in [7, 11) is 0. The van der Waals surface area contributed by atoms with Gasteiger partial charge in [0.25, 0.3) is 0 Å². The van der Waals surface area contributed by atoms with Gasteiger partial charge >= 0.3 is 6.18 Å². The molecule has 2 rings (SSSR count). The summed E-state index contributed by atoms with van der Waals surface area (Å²) in [6.07, 6.45) is -2.25. The predicted octanol–water partition coefficient (Wildman–Crippen LogP) is 2.99. The van der Waals surface area contributed by atoms with E-state index in [1.807, 2.05) is 0 Å². The number of para-hydroxylation sites is 1. The first-order chi connectivity index (χ1) is 9.46. The van der Waals surface area contributed by atoms with Gasteiger partial charge in [0.1, 0.15) is 6.61 Å². The van der Waals surface area contributed by atoms with Gasteiger partial charge in [-0.25, -0.2) is 4.39 Å². The number of alkyl halides is 3. The van der Waals surface area contributed by atoms with E-state index in [0.717, 1.165) is 12.8 Å². The molecule has 0 aliphatic heterocycles. The molecule has 0 amide bonds. The summed E-state index contributed by atoms with van der Waals surface area (Å²) in [6.45, 7) is -1.65. The number of benzene rings is 1. The molecular weight excluding hydrogens is 278 g/mol. The second-order valence-electron chi connectivity index (χ2n) is 4.61. The van der Waals surface area contributed by atoms with E-state index in [-0.39, 0.29) is 5.75 Å². The van der Waals surface area contributed by atoms with Gasteiger partial charge in [-0.05, 0) is 18.9 Å². The van der Waals surface area contributed by atoms with Crippen LogP contribution in [0.1, 0.15) is 18.4 Å². The Hall–Kier alpha value is -1.34. The summed E-state index contributed by atoms with van der Waals surface area (Å²) in [6, 6.07) is 4.83. The lowest BCUT2D eigenvalue weighted by atomic mass is 10.2. The fourth-order valence-electron chi connectivity index (χ4n) is 1.65. The topological polar surface area (TPSA) is 30.5 Å². The van der Waals surface area contributed by atoms with E-state index in [1.54, 1.807) is 6.07 Å². The molecule has 1 aliphatic carbocycles. The highest BCUT2D eigenvalue weighted by Crippen LogP contribution is 2.25. The van der Waals surface area contributed by atoms with E-state index < -0.39 is 25.4 Å². The molecule has 1 aromatic rings. The third-order valence-electron chi connectivity index (χ3n) is 2.76. The van der Waals surface area contributed by atoms with Crippen molar-refractivity contribution in [3.8, 4) is 5.75 Å². The molecule has 1 aromatic carbocycles. The van der Waals surface area contributed by atoms with E-state index in [4.69, 9.17) is 4.74 Å². The van der Waals surface area contributed by atoms with Crippen LogP contribution in [0.4, 0.5) is 17.6 Å².